The summed E-state index contributed by atoms with van der Waals surface area (Å²) >= 11 is 8.60. The molecule has 0 radical (unpaired) electrons. The molecule has 26 heavy (non-hydrogen) atoms. The smallest absolute Gasteiger partial charge is 0.210 e. The lowest BCUT2D eigenvalue weighted by Crippen LogP contribution is -2.01. The van der Waals surface area contributed by atoms with E-state index < -0.39 is 0 Å². The molecule has 0 aliphatic carbocycles. The van der Waals surface area contributed by atoms with E-state index in [0.717, 1.165) is 15.8 Å². The number of ketones is 1. The molecule has 3 rings (SSSR count). The van der Waals surface area contributed by atoms with Gasteiger partial charge in [0.15, 0.2) is 10.1 Å². The van der Waals surface area contributed by atoms with Crippen LogP contribution in [0.3, 0.4) is 0 Å². The van der Waals surface area contributed by atoms with Crippen molar-refractivity contribution in [2.45, 2.75) is 11.3 Å². The summed E-state index contributed by atoms with van der Waals surface area (Å²) in [5.41, 5.74) is 1.47. The molecule has 0 aliphatic rings. The van der Waals surface area contributed by atoms with Crippen LogP contribution < -0.4 is 10.1 Å². The zero-order valence-electron chi connectivity index (χ0n) is 13.9. The Bertz CT molecular complexity index is 884. The second-order valence-electron chi connectivity index (χ2n) is 5.15. The van der Waals surface area contributed by atoms with E-state index in [1.807, 2.05) is 31.2 Å². The van der Waals surface area contributed by atoms with Crippen molar-refractivity contribution < 1.29 is 9.53 Å². The molecule has 0 aliphatic heterocycles. The Morgan fingerprint density at radius 1 is 1.19 bits per heavy atom. The predicted molar refractivity (Wildman–Crippen MR) is 107 cm³/mol. The summed E-state index contributed by atoms with van der Waals surface area (Å²) in [7, 11) is 0. The van der Waals surface area contributed by atoms with E-state index >= 15 is 0 Å². The molecule has 134 valence electrons. The summed E-state index contributed by atoms with van der Waals surface area (Å²) in [5, 5.41) is 12.7. The second kappa shape index (κ2) is 9.02. The van der Waals surface area contributed by atoms with Gasteiger partial charge in [0.2, 0.25) is 5.13 Å². The third-order valence-corrected chi connectivity index (χ3v) is 5.55. The number of ether oxygens (including phenoxy) is 1. The molecule has 0 saturated heterocycles. The number of benzene rings is 2. The lowest BCUT2D eigenvalue weighted by atomic mass is 10.1. The molecule has 0 amide bonds. The summed E-state index contributed by atoms with van der Waals surface area (Å²) < 4.78 is 6.31. The Hall–Kier alpha value is -2.09. The van der Waals surface area contributed by atoms with Crippen molar-refractivity contribution in [3.63, 3.8) is 0 Å². The lowest BCUT2D eigenvalue weighted by molar-refractivity contribution is 0.102. The van der Waals surface area contributed by atoms with E-state index in [0.29, 0.717) is 28.1 Å². The Labute approximate surface area is 164 Å². The summed E-state index contributed by atoms with van der Waals surface area (Å²) in [4.78, 5) is 12.2. The number of Topliss-reactive ketones (excluding diaryl/α,β-unsaturated/α-hetero) is 1. The van der Waals surface area contributed by atoms with Crippen molar-refractivity contribution in [3.05, 3.63) is 59.1 Å². The summed E-state index contributed by atoms with van der Waals surface area (Å²) in [5.74, 6) is 1.08. The van der Waals surface area contributed by atoms with Crippen LogP contribution in [-0.2, 0) is 0 Å². The molecule has 0 unspecified atom stereocenters. The highest BCUT2D eigenvalue weighted by atomic mass is 35.5. The molecule has 1 aromatic heterocycles. The van der Waals surface area contributed by atoms with Gasteiger partial charge in [-0.1, -0.05) is 46.8 Å². The van der Waals surface area contributed by atoms with Gasteiger partial charge in [0.05, 0.1) is 18.0 Å². The summed E-state index contributed by atoms with van der Waals surface area (Å²) in [6, 6.07) is 14.5. The maximum atomic E-state index is 12.2. The molecular formula is C18H16ClN3O2S2. The van der Waals surface area contributed by atoms with Crippen LogP contribution in [0.5, 0.6) is 5.75 Å². The fourth-order valence-electron chi connectivity index (χ4n) is 2.13. The molecular weight excluding hydrogens is 390 g/mol. The molecule has 0 bridgehead atoms. The van der Waals surface area contributed by atoms with Crippen LogP contribution in [0.25, 0.3) is 0 Å². The minimum Gasteiger partial charge on any atom is -0.492 e. The van der Waals surface area contributed by atoms with Crippen molar-refractivity contribution >= 4 is 51.3 Å². The maximum Gasteiger partial charge on any atom is 0.210 e. The minimum atomic E-state index is 0.0260. The Balaban J connectivity index is 1.60. The Morgan fingerprint density at radius 3 is 2.73 bits per heavy atom. The number of rotatable bonds is 8. The van der Waals surface area contributed by atoms with Crippen LogP contribution in [0.4, 0.5) is 10.8 Å². The Kier molecular flexibility index (Phi) is 6.49. The van der Waals surface area contributed by atoms with Crippen LogP contribution in [0.15, 0.2) is 52.9 Å². The normalized spacial score (nSPS) is 10.5. The van der Waals surface area contributed by atoms with Crippen molar-refractivity contribution in [2.24, 2.45) is 0 Å². The first-order chi connectivity index (χ1) is 12.7. The van der Waals surface area contributed by atoms with Gasteiger partial charge in [-0.3, -0.25) is 4.79 Å². The highest BCUT2D eigenvalue weighted by molar-refractivity contribution is 8.01. The zero-order chi connectivity index (χ0) is 18.4. The van der Waals surface area contributed by atoms with Crippen molar-refractivity contribution in [1.82, 2.24) is 10.2 Å². The summed E-state index contributed by atoms with van der Waals surface area (Å²) in [6.45, 7) is 2.52. The molecule has 0 atom stereocenters. The molecule has 8 heteroatoms. The second-order valence-corrected chi connectivity index (χ2v) is 7.78. The van der Waals surface area contributed by atoms with E-state index in [1.54, 1.807) is 24.3 Å². The zero-order valence-corrected chi connectivity index (χ0v) is 16.3. The lowest BCUT2D eigenvalue weighted by Gasteiger charge is -2.09. The number of anilines is 2. The molecule has 0 spiro atoms. The molecule has 2 aromatic carbocycles. The van der Waals surface area contributed by atoms with Crippen LogP contribution in [0.2, 0.25) is 5.02 Å². The van der Waals surface area contributed by atoms with Crippen LogP contribution in [0.1, 0.15) is 17.3 Å². The summed E-state index contributed by atoms with van der Waals surface area (Å²) in [6.07, 6.45) is 0. The molecule has 0 fully saturated rings. The van der Waals surface area contributed by atoms with E-state index in [4.69, 9.17) is 16.3 Å². The van der Waals surface area contributed by atoms with Gasteiger partial charge in [0.25, 0.3) is 0 Å². The van der Waals surface area contributed by atoms with Gasteiger partial charge in [-0.15, -0.1) is 10.2 Å². The maximum absolute atomic E-state index is 12.2. The SMILES string of the molecule is CCOc1ccccc1Nc1nnc(SCC(=O)c2ccc(Cl)cc2)s1. The molecule has 5 nitrogen and oxygen atoms in total. The minimum absolute atomic E-state index is 0.0260. The average Bonchev–Trinajstić information content (AvgIpc) is 3.10. The van der Waals surface area contributed by atoms with Gasteiger partial charge in [0, 0.05) is 10.6 Å². The van der Waals surface area contributed by atoms with Gasteiger partial charge in [-0.25, -0.2) is 0 Å². The number of thioether (sulfide) groups is 1. The number of carbonyl (C=O) groups is 1. The van der Waals surface area contributed by atoms with Gasteiger partial charge in [-0.05, 0) is 43.3 Å². The highest BCUT2D eigenvalue weighted by Crippen LogP contribution is 2.31. The number of halogens is 1. The van der Waals surface area contributed by atoms with E-state index in [1.165, 1.54) is 23.1 Å². The van der Waals surface area contributed by atoms with Crippen LogP contribution in [0, 0.1) is 0 Å². The van der Waals surface area contributed by atoms with Crippen molar-refractivity contribution in [1.29, 1.82) is 0 Å². The number of aromatic nitrogens is 2. The first kappa shape index (κ1) is 18.7. The number of nitrogens with zero attached hydrogens (tertiary/aromatic N) is 2. The number of nitrogens with one attached hydrogen (secondary N) is 1. The third-order valence-electron chi connectivity index (χ3n) is 3.33. The number of hydrogen-bond acceptors (Lipinski definition) is 7. The molecule has 0 saturated carbocycles. The number of carbonyl (C=O) groups excluding carboxylic acids is 1. The predicted octanol–water partition coefficient (Wildman–Crippen LogP) is 5.31. The largest absolute Gasteiger partial charge is 0.492 e. The first-order valence-electron chi connectivity index (χ1n) is 7.89. The topological polar surface area (TPSA) is 64.1 Å². The Morgan fingerprint density at radius 2 is 1.96 bits per heavy atom. The number of hydrogen-bond donors (Lipinski definition) is 1. The quantitative estimate of drug-likeness (QED) is 0.404. The van der Waals surface area contributed by atoms with Gasteiger partial charge >= 0.3 is 0 Å². The van der Waals surface area contributed by atoms with E-state index in [2.05, 4.69) is 15.5 Å². The average molecular weight is 406 g/mol. The fraction of sp³-hybridized carbons (Fsp3) is 0.167. The highest BCUT2D eigenvalue weighted by Gasteiger charge is 2.11. The third kappa shape index (κ3) is 4.97. The van der Waals surface area contributed by atoms with Gasteiger partial charge < -0.3 is 10.1 Å². The van der Waals surface area contributed by atoms with Gasteiger partial charge in [0.1, 0.15) is 5.75 Å². The fourth-order valence-corrected chi connectivity index (χ4v) is 3.92. The molecule has 1 N–H and O–H groups in total. The van der Waals surface area contributed by atoms with E-state index in [-0.39, 0.29) is 5.78 Å². The van der Waals surface area contributed by atoms with E-state index in [9.17, 15) is 4.79 Å². The van der Waals surface area contributed by atoms with Crippen molar-refractivity contribution in [3.8, 4) is 5.75 Å². The molecule has 1 heterocycles. The molecule has 3 aromatic rings. The van der Waals surface area contributed by atoms with Crippen molar-refractivity contribution in [2.75, 3.05) is 17.7 Å². The first-order valence-corrected chi connectivity index (χ1v) is 10.1. The van der Waals surface area contributed by atoms with Crippen LogP contribution >= 0.6 is 34.7 Å². The van der Waals surface area contributed by atoms with Crippen LogP contribution in [-0.4, -0.2) is 28.3 Å². The van der Waals surface area contributed by atoms with Gasteiger partial charge in [-0.2, -0.15) is 0 Å². The number of para-hydroxylation sites is 2. The monoisotopic (exact) mass is 405 g/mol. The standard InChI is InChI=1S/C18H16ClN3O2S2/c1-2-24-16-6-4-3-5-14(16)20-17-21-22-18(26-17)25-11-15(23)12-7-9-13(19)10-8-12/h3-10H,2,11H2,1H3,(H,20,21).